The first kappa shape index (κ1) is 17.4. The summed E-state index contributed by atoms with van der Waals surface area (Å²) in [6.07, 6.45) is -0.875. The number of halogens is 3. The van der Waals surface area contributed by atoms with Crippen molar-refractivity contribution < 1.29 is 13.9 Å². The number of ether oxygens (including phenoxy) is 1. The van der Waals surface area contributed by atoms with Gasteiger partial charge in [0.1, 0.15) is 5.82 Å². The lowest BCUT2D eigenvalue weighted by molar-refractivity contribution is 0.0319. The van der Waals surface area contributed by atoms with E-state index in [0.717, 1.165) is 12.1 Å². The number of aromatic amines is 1. The van der Waals surface area contributed by atoms with Crippen molar-refractivity contribution in [3.05, 3.63) is 74.0 Å². The average Bonchev–Trinajstić information content (AvgIpc) is 2.58. The molecule has 3 aromatic rings. The van der Waals surface area contributed by atoms with Crippen LogP contribution >= 0.6 is 23.2 Å². The zero-order valence-electron chi connectivity index (χ0n) is 12.8. The first-order valence-electron chi connectivity index (χ1n) is 7.21. The summed E-state index contributed by atoms with van der Waals surface area (Å²) in [5, 5.41) is 0.186. The van der Waals surface area contributed by atoms with Crippen molar-refractivity contribution in [1.82, 2.24) is 9.97 Å². The molecule has 0 aliphatic carbocycles. The van der Waals surface area contributed by atoms with Gasteiger partial charge in [-0.3, -0.25) is 4.79 Å². The Balaban J connectivity index is 1.90. The first-order chi connectivity index (χ1) is 11.9. The number of hydrogen-bond acceptors (Lipinski definition) is 4. The average molecular weight is 381 g/mol. The van der Waals surface area contributed by atoms with Crippen molar-refractivity contribution in [2.24, 2.45) is 0 Å². The summed E-state index contributed by atoms with van der Waals surface area (Å²) in [5.74, 6) is -1.48. The monoisotopic (exact) mass is 380 g/mol. The van der Waals surface area contributed by atoms with E-state index in [2.05, 4.69) is 9.97 Å². The Kier molecular flexibility index (Phi) is 4.74. The van der Waals surface area contributed by atoms with Gasteiger partial charge in [-0.2, -0.15) is 0 Å². The van der Waals surface area contributed by atoms with Crippen molar-refractivity contribution in [3.8, 4) is 0 Å². The van der Waals surface area contributed by atoms with Crippen molar-refractivity contribution in [3.63, 3.8) is 0 Å². The summed E-state index contributed by atoms with van der Waals surface area (Å²) in [6, 6.07) is 8.79. The number of carbonyl (C=O) groups is 1. The number of nitrogens with one attached hydrogen (secondary N) is 1. The van der Waals surface area contributed by atoms with Crippen LogP contribution in [0.25, 0.3) is 10.9 Å². The van der Waals surface area contributed by atoms with Crippen LogP contribution in [0.5, 0.6) is 0 Å². The van der Waals surface area contributed by atoms with E-state index in [0.29, 0.717) is 10.9 Å². The minimum Gasteiger partial charge on any atom is -0.451 e. The minimum absolute atomic E-state index is 0.0384. The van der Waals surface area contributed by atoms with Crippen LogP contribution in [0.4, 0.5) is 4.39 Å². The molecule has 2 aromatic carbocycles. The fraction of sp³-hybridized carbons (Fsp3) is 0.118. The fourth-order valence-electron chi connectivity index (χ4n) is 2.26. The Hall–Kier alpha value is -2.44. The molecule has 5 nitrogen and oxygen atoms in total. The summed E-state index contributed by atoms with van der Waals surface area (Å²) >= 11 is 11.5. The van der Waals surface area contributed by atoms with Crippen molar-refractivity contribution >= 4 is 40.1 Å². The summed E-state index contributed by atoms with van der Waals surface area (Å²) < 4.78 is 18.8. The molecule has 1 N–H and O–H groups in total. The number of esters is 1. The van der Waals surface area contributed by atoms with E-state index in [1.165, 1.54) is 6.92 Å². The molecule has 0 aliphatic rings. The topological polar surface area (TPSA) is 72.0 Å². The number of rotatable bonds is 3. The Morgan fingerprint density at radius 1 is 1.24 bits per heavy atom. The third kappa shape index (κ3) is 3.50. The number of carbonyl (C=O) groups excluding carboxylic acids is 1. The second kappa shape index (κ2) is 6.82. The molecule has 128 valence electrons. The quantitative estimate of drug-likeness (QED) is 0.543. The lowest BCUT2D eigenvalue weighted by Gasteiger charge is -2.14. The van der Waals surface area contributed by atoms with Crippen LogP contribution in [0, 0.1) is 5.82 Å². The molecule has 0 radical (unpaired) electrons. The van der Waals surface area contributed by atoms with Crippen LogP contribution in [0.2, 0.25) is 10.0 Å². The fourth-order valence-corrected chi connectivity index (χ4v) is 2.72. The van der Waals surface area contributed by atoms with Gasteiger partial charge in [-0.15, -0.1) is 0 Å². The maximum Gasteiger partial charge on any atom is 0.340 e. The zero-order chi connectivity index (χ0) is 18.1. The standard InChI is InChI=1S/C17H11Cl2FN2O3/c1-8(15-21-14-5-3-2-4-9(14)16(23)22-15)25-17(24)10-6-13(20)12(19)7-11(10)18/h2-8H,1H3,(H,21,22,23)/t8-/m0/s1. The predicted octanol–water partition coefficient (Wildman–Crippen LogP) is 4.29. The Bertz CT molecular complexity index is 1040. The molecular formula is C17H11Cl2FN2O3. The molecule has 1 aromatic heterocycles. The van der Waals surface area contributed by atoms with Crippen LogP contribution in [0.1, 0.15) is 29.2 Å². The number of benzene rings is 2. The van der Waals surface area contributed by atoms with Gasteiger partial charge in [-0.25, -0.2) is 14.2 Å². The summed E-state index contributed by atoms with van der Waals surface area (Å²) in [7, 11) is 0. The van der Waals surface area contributed by atoms with Crippen molar-refractivity contribution in [2.45, 2.75) is 13.0 Å². The highest BCUT2D eigenvalue weighted by atomic mass is 35.5. The number of hydrogen-bond donors (Lipinski definition) is 1. The van der Waals surface area contributed by atoms with Gasteiger partial charge in [0.25, 0.3) is 5.56 Å². The van der Waals surface area contributed by atoms with Gasteiger partial charge in [-0.1, -0.05) is 35.3 Å². The Labute approximate surface area is 151 Å². The Morgan fingerprint density at radius 3 is 2.72 bits per heavy atom. The molecule has 1 atom stereocenters. The van der Waals surface area contributed by atoms with E-state index in [-0.39, 0.29) is 27.0 Å². The minimum atomic E-state index is -0.875. The van der Waals surface area contributed by atoms with Crippen LogP contribution in [0.3, 0.4) is 0 Å². The third-order valence-corrected chi connectivity index (χ3v) is 4.13. The molecule has 8 heteroatoms. The molecule has 0 spiro atoms. The molecule has 0 unspecified atom stereocenters. The van der Waals surface area contributed by atoms with Gasteiger partial charge in [0.2, 0.25) is 0 Å². The first-order valence-corrected chi connectivity index (χ1v) is 7.97. The summed E-state index contributed by atoms with van der Waals surface area (Å²) in [4.78, 5) is 31.1. The van der Waals surface area contributed by atoms with E-state index in [1.807, 2.05) is 0 Å². The highest BCUT2D eigenvalue weighted by Crippen LogP contribution is 2.26. The molecule has 0 bridgehead atoms. The number of aromatic nitrogens is 2. The maximum atomic E-state index is 13.5. The molecule has 0 saturated carbocycles. The molecule has 3 rings (SSSR count). The lowest BCUT2D eigenvalue weighted by atomic mass is 10.2. The molecule has 0 saturated heterocycles. The van der Waals surface area contributed by atoms with Crippen LogP contribution in [-0.2, 0) is 4.74 Å². The number of nitrogens with zero attached hydrogens (tertiary/aromatic N) is 1. The van der Waals surface area contributed by atoms with E-state index in [1.54, 1.807) is 24.3 Å². The number of fused-ring (bicyclic) bond motifs is 1. The number of para-hydroxylation sites is 1. The van der Waals surface area contributed by atoms with Gasteiger partial charge in [-0.05, 0) is 31.2 Å². The van der Waals surface area contributed by atoms with E-state index < -0.39 is 17.9 Å². The van der Waals surface area contributed by atoms with Gasteiger partial charge in [0, 0.05) is 0 Å². The maximum absolute atomic E-state index is 13.5. The normalized spacial score (nSPS) is 12.2. The molecule has 25 heavy (non-hydrogen) atoms. The van der Waals surface area contributed by atoms with Gasteiger partial charge in [0.05, 0.1) is 26.5 Å². The summed E-state index contributed by atoms with van der Waals surface area (Å²) in [5.41, 5.74) is -0.0441. The van der Waals surface area contributed by atoms with Gasteiger partial charge in [0.15, 0.2) is 11.9 Å². The molecule has 0 amide bonds. The molecule has 0 fully saturated rings. The van der Waals surface area contributed by atoms with Crippen molar-refractivity contribution in [2.75, 3.05) is 0 Å². The SMILES string of the molecule is C[C@H](OC(=O)c1cc(F)c(Cl)cc1Cl)c1nc2ccccc2c(=O)[nH]1. The van der Waals surface area contributed by atoms with E-state index in [4.69, 9.17) is 27.9 Å². The van der Waals surface area contributed by atoms with Crippen LogP contribution in [-0.4, -0.2) is 15.9 Å². The van der Waals surface area contributed by atoms with Crippen molar-refractivity contribution in [1.29, 1.82) is 0 Å². The smallest absolute Gasteiger partial charge is 0.340 e. The third-order valence-electron chi connectivity index (χ3n) is 3.53. The number of H-pyrrole nitrogens is 1. The van der Waals surface area contributed by atoms with Gasteiger partial charge >= 0.3 is 5.97 Å². The van der Waals surface area contributed by atoms with E-state index in [9.17, 15) is 14.0 Å². The van der Waals surface area contributed by atoms with Crippen LogP contribution < -0.4 is 5.56 Å². The zero-order valence-corrected chi connectivity index (χ0v) is 14.4. The second-order valence-electron chi connectivity index (χ2n) is 5.26. The molecule has 0 aliphatic heterocycles. The highest BCUT2D eigenvalue weighted by Gasteiger charge is 2.20. The molecule has 1 heterocycles. The van der Waals surface area contributed by atoms with Gasteiger partial charge < -0.3 is 9.72 Å². The second-order valence-corrected chi connectivity index (χ2v) is 6.08. The van der Waals surface area contributed by atoms with Crippen LogP contribution in [0.15, 0.2) is 41.2 Å². The Morgan fingerprint density at radius 2 is 1.96 bits per heavy atom. The predicted molar refractivity (Wildman–Crippen MR) is 92.6 cm³/mol. The van der Waals surface area contributed by atoms with E-state index >= 15 is 0 Å². The largest absolute Gasteiger partial charge is 0.451 e. The summed E-state index contributed by atoms with van der Waals surface area (Å²) in [6.45, 7) is 1.53. The highest BCUT2D eigenvalue weighted by molar-refractivity contribution is 6.36. The molecular weight excluding hydrogens is 370 g/mol. The lowest BCUT2D eigenvalue weighted by Crippen LogP contribution is -2.17.